The molecule has 1 aromatic carbocycles. The molecule has 0 amide bonds. The number of benzene rings is 1. The first-order valence-electron chi connectivity index (χ1n) is 9.43. The zero-order valence-corrected chi connectivity index (χ0v) is 10.8. The number of fused-ring (bicyclic) bond motifs is 1. The Morgan fingerprint density at radius 1 is 1.57 bits per heavy atom. The predicted octanol–water partition coefficient (Wildman–Crippen LogP) is 1.15. The molecule has 1 heterocycles. The summed E-state index contributed by atoms with van der Waals surface area (Å²) in [6, 6.07) is -2.22. The quantitative estimate of drug-likeness (QED) is 0.628. The van der Waals surface area contributed by atoms with Gasteiger partial charge in [-0.15, -0.1) is 0 Å². The molecule has 3 rings (SSSR count). The van der Waals surface area contributed by atoms with Crippen molar-refractivity contribution in [2.24, 2.45) is 0 Å². The lowest BCUT2D eigenvalue weighted by molar-refractivity contribution is -0.132. The number of carbonyl (C=O) groups is 2. The molecule has 1 fully saturated rings. The van der Waals surface area contributed by atoms with Gasteiger partial charge in [0, 0.05) is 16.2 Å². The smallest absolute Gasteiger partial charge is 0.264 e. The molecule has 0 bridgehead atoms. The average molecular weight is 291 g/mol. The molecule has 1 saturated carbocycles. The van der Waals surface area contributed by atoms with E-state index in [-0.39, 0.29) is 28.5 Å². The maximum absolute atomic E-state index is 13.1. The predicted molar refractivity (Wildman–Crippen MR) is 78.1 cm³/mol. The Labute approximate surface area is 129 Å². The number of aromatic nitrogens is 2. The third-order valence-electron chi connectivity index (χ3n) is 3.15. The van der Waals surface area contributed by atoms with Gasteiger partial charge in [-0.05, 0) is 25.4 Å². The minimum atomic E-state index is -2.62. The van der Waals surface area contributed by atoms with Gasteiger partial charge in [0.1, 0.15) is 11.6 Å². The van der Waals surface area contributed by atoms with Crippen LogP contribution in [0, 0.1) is 6.90 Å². The molecule has 1 aliphatic rings. The number of Topliss-reactive ketones (excluding diaryl/α,β-unsaturated/α-hetero) is 2. The molecule has 1 aromatic heterocycles. The lowest BCUT2D eigenvalue weighted by Gasteiger charge is -2.24. The van der Waals surface area contributed by atoms with Gasteiger partial charge in [0.2, 0.25) is 0 Å². The molecule has 1 aliphatic carbocycles. The highest BCUT2D eigenvalue weighted by molar-refractivity contribution is 6.03. The molecule has 2 aromatic rings. The lowest BCUT2D eigenvalue weighted by Crippen LogP contribution is -2.36. The van der Waals surface area contributed by atoms with Crippen molar-refractivity contribution in [3.63, 3.8) is 0 Å². The summed E-state index contributed by atoms with van der Waals surface area (Å²) in [7, 11) is 0. The Balaban J connectivity index is 2.44. The normalized spacial score (nSPS) is 33.7. The largest absolute Gasteiger partial charge is 0.398 e. The van der Waals surface area contributed by atoms with Crippen molar-refractivity contribution in [1.29, 1.82) is 0 Å². The van der Waals surface area contributed by atoms with Crippen LogP contribution in [0.2, 0.25) is 0 Å². The minimum Gasteiger partial charge on any atom is -0.398 e. The van der Waals surface area contributed by atoms with Gasteiger partial charge in [-0.1, -0.05) is 6.04 Å². The molecule has 2 N–H and O–H groups in total. The zero-order valence-electron chi connectivity index (χ0n) is 16.8. The van der Waals surface area contributed by atoms with E-state index in [2.05, 4.69) is 4.98 Å². The number of hydrogen-bond donors (Lipinski definition) is 1. The van der Waals surface area contributed by atoms with E-state index < -0.39 is 55.3 Å². The van der Waals surface area contributed by atoms with E-state index in [1.165, 1.54) is 0 Å². The van der Waals surface area contributed by atoms with E-state index in [0.717, 1.165) is 6.07 Å². The van der Waals surface area contributed by atoms with Crippen LogP contribution in [0.15, 0.2) is 22.9 Å². The van der Waals surface area contributed by atoms with Gasteiger partial charge in [0.05, 0.1) is 27.5 Å². The molecule has 3 atom stereocenters. The summed E-state index contributed by atoms with van der Waals surface area (Å²) in [5, 5.41) is -0.307. The standard InChI is InChI=1S/C15H15N3O3/c1-8-17-11-4-2-3-10(16)14(11)15(21)18(8)12-6-5-9(19)7-13(12)20/h2-4,12H,5-7,16H2,1H3/i1D,2D,3D,5D,6D,12D. The third-order valence-corrected chi connectivity index (χ3v) is 3.15. The zero-order chi connectivity index (χ0) is 20.3. The van der Waals surface area contributed by atoms with E-state index in [4.69, 9.17) is 14.0 Å². The van der Waals surface area contributed by atoms with Gasteiger partial charge >= 0.3 is 0 Å². The number of aryl methyl sites for hydroxylation is 1. The summed E-state index contributed by atoms with van der Waals surface area (Å²) in [5.74, 6) is -2.19. The molecule has 0 aliphatic heterocycles. The number of rotatable bonds is 1. The highest BCUT2D eigenvalue weighted by atomic mass is 16.2. The topological polar surface area (TPSA) is 95.0 Å². The SMILES string of the molecule is [2H]Cc1nc2cc([2H])c([2H])c(N)c2c(=O)n1C1([2H])C(=O)CC(=O)C([2H])C1[2H]. The number of carbonyl (C=O) groups excluding carboxylic acids is 2. The van der Waals surface area contributed by atoms with Gasteiger partial charge < -0.3 is 5.73 Å². The molecular weight excluding hydrogens is 270 g/mol. The molecule has 6 heteroatoms. The molecule has 6 nitrogen and oxygen atoms in total. The van der Waals surface area contributed by atoms with Gasteiger partial charge in [-0.2, -0.15) is 0 Å². The third kappa shape index (κ3) is 2.12. The summed E-state index contributed by atoms with van der Waals surface area (Å²) in [6.45, 7) is -0.627. The second-order valence-electron chi connectivity index (χ2n) is 4.54. The van der Waals surface area contributed by atoms with Crippen molar-refractivity contribution in [2.75, 3.05) is 5.73 Å². The fourth-order valence-corrected chi connectivity index (χ4v) is 2.21. The summed E-state index contributed by atoms with van der Waals surface area (Å²) in [4.78, 5) is 41.3. The van der Waals surface area contributed by atoms with Crippen molar-refractivity contribution in [2.45, 2.75) is 32.1 Å². The van der Waals surface area contributed by atoms with E-state index in [0.29, 0.717) is 4.57 Å². The van der Waals surface area contributed by atoms with Crippen LogP contribution in [0.5, 0.6) is 0 Å². The minimum absolute atomic E-state index is 0.0658. The van der Waals surface area contributed by atoms with E-state index in [9.17, 15) is 14.4 Å². The molecular formula is C15H15N3O3. The fourth-order valence-electron chi connectivity index (χ4n) is 2.21. The molecule has 3 unspecified atom stereocenters. The molecule has 21 heavy (non-hydrogen) atoms. The van der Waals surface area contributed by atoms with Crippen LogP contribution in [0.25, 0.3) is 10.9 Å². The first-order chi connectivity index (χ1) is 12.5. The summed E-state index contributed by atoms with van der Waals surface area (Å²) >= 11 is 0. The van der Waals surface area contributed by atoms with E-state index >= 15 is 0 Å². The lowest BCUT2D eigenvalue weighted by atomic mass is 9.92. The molecule has 0 radical (unpaired) electrons. The Hall–Kier alpha value is -2.50. The van der Waals surface area contributed by atoms with Gasteiger partial charge in [0.15, 0.2) is 5.78 Å². The van der Waals surface area contributed by atoms with Crippen molar-refractivity contribution in [3.8, 4) is 0 Å². The maximum atomic E-state index is 13.1. The maximum Gasteiger partial charge on any atom is 0.264 e. The molecule has 0 saturated heterocycles. The van der Waals surface area contributed by atoms with Crippen LogP contribution >= 0.6 is 0 Å². The Morgan fingerprint density at radius 3 is 3.14 bits per heavy atom. The van der Waals surface area contributed by atoms with Gasteiger partial charge in [-0.25, -0.2) is 4.98 Å². The van der Waals surface area contributed by atoms with Crippen LogP contribution in [-0.2, 0) is 9.59 Å². The van der Waals surface area contributed by atoms with E-state index in [1.54, 1.807) is 0 Å². The number of nitrogen functional groups attached to an aromatic ring is 1. The van der Waals surface area contributed by atoms with E-state index in [1.807, 2.05) is 0 Å². The average Bonchev–Trinajstić information content (AvgIpc) is 2.62. The number of ketones is 2. The highest BCUT2D eigenvalue weighted by Crippen LogP contribution is 2.24. The second-order valence-corrected chi connectivity index (χ2v) is 4.54. The Bertz CT molecular complexity index is 1060. The van der Waals surface area contributed by atoms with Crippen molar-refractivity contribution in [1.82, 2.24) is 9.55 Å². The van der Waals surface area contributed by atoms with Crippen LogP contribution in [0.4, 0.5) is 5.69 Å². The monoisotopic (exact) mass is 291 g/mol. The second kappa shape index (κ2) is 4.80. The van der Waals surface area contributed by atoms with Gasteiger partial charge in [0.25, 0.3) is 5.56 Å². The van der Waals surface area contributed by atoms with Crippen molar-refractivity contribution < 1.29 is 17.8 Å². The van der Waals surface area contributed by atoms with Crippen LogP contribution < -0.4 is 11.3 Å². The van der Waals surface area contributed by atoms with Crippen LogP contribution in [0.3, 0.4) is 0 Å². The summed E-state index contributed by atoms with van der Waals surface area (Å²) in [6.07, 6.45) is -4.39. The summed E-state index contributed by atoms with van der Waals surface area (Å²) < 4.78 is 48.0. The Morgan fingerprint density at radius 2 is 2.38 bits per heavy atom. The Kier molecular flexibility index (Phi) is 1.84. The van der Waals surface area contributed by atoms with Crippen LogP contribution in [-0.4, -0.2) is 21.1 Å². The number of nitrogens with two attached hydrogens (primary N) is 1. The fraction of sp³-hybridized carbons (Fsp3) is 0.333. The molecule has 0 spiro atoms. The first kappa shape index (κ1) is 8.07. The molecule has 108 valence electrons. The first-order valence-corrected chi connectivity index (χ1v) is 6.07. The van der Waals surface area contributed by atoms with Crippen molar-refractivity contribution in [3.05, 3.63) is 34.3 Å². The summed E-state index contributed by atoms with van der Waals surface area (Å²) in [5.41, 5.74) is 4.33. The highest BCUT2D eigenvalue weighted by Gasteiger charge is 2.30. The number of hydrogen-bond acceptors (Lipinski definition) is 5. The van der Waals surface area contributed by atoms with Gasteiger partial charge in [-0.3, -0.25) is 19.0 Å². The van der Waals surface area contributed by atoms with Crippen LogP contribution in [0.1, 0.15) is 39.3 Å². The number of nitrogens with zero attached hydrogens (tertiary/aromatic N) is 2. The number of anilines is 1. The van der Waals surface area contributed by atoms with Crippen molar-refractivity contribution >= 4 is 28.2 Å².